The van der Waals surface area contributed by atoms with E-state index in [4.69, 9.17) is 4.89 Å². The molecule has 6 heteroatoms. The van der Waals surface area contributed by atoms with Gasteiger partial charge >= 0.3 is 7.82 Å². The molecule has 0 spiro atoms. The Kier molecular flexibility index (Phi) is 1.65. The van der Waals surface area contributed by atoms with E-state index >= 15 is 0 Å². The van der Waals surface area contributed by atoms with Crippen molar-refractivity contribution in [3.8, 4) is 0 Å². The summed E-state index contributed by atoms with van der Waals surface area (Å²) in [6.07, 6.45) is 0. The smallest absolute Gasteiger partial charge is 0.328 e. The fraction of sp³-hybridized carbons (Fsp3) is 1.00. The molecule has 1 rings (SSSR count). The van der Waals surface area contributed by atoms with Crippen molar-refractivity contribution in [2.24, 2.45) is 0 Å². The molecule has 0 aliphatic carbocycles. The Hall–Kier alpha value is 0.0700. The van der Waals surface area contributed by atoms with Gasteiger partial charge in [0.1, 0.15) is 0 Å². The van der Waals surface area contributed by atoms with Crippen molar-refractivity contribution < 1.29 is 23.2 Å². The van der Waals surface area contributed by atoms with Gasteiger partial charge in [0.2, 0.25) is 0 Å². The summed E-state index contributed by atoms with van der Waals surface area (Å²) in [7, 11) is -3.71. The molecule has 0 aromatic carbocycles. The van der Waals surface area contributed by atoms with Crippen LogP contribution in [0.25, 0.3) is 0 Å². The van der Waals surface area contributed by atoms with Gasteiger partial charge in [0.05, 0.1) is 0 Å². The minimum Gasteiger partial charge on any atom is -0.328 e. The van der Waals surface area contributed by atoms with Gasteiger partial charge in [-0.05, 0) is 0 Å². The SMILES string of the molecule is O=P1(O)OCOCO1. The van der Waals surface area contributed by atoms with Crippen molar-refractivity contribution in [2.45, 2.75) is 0 Å². The molecule has 0 unspecified atom stereocenters. The van der Waals surface area contributed by atoms with Crippen LogP contribution in [0, 0.1) is 0 Å². The minimum atomic E-state index is -3.71. The molecule has 48 valence electrons. The monoisotopic (exact) mass is 140 g/mol. The van der Waals surface area contributed by atoms with Crippen LogP contribution >= 0.6 is 7.82 Å². The second-order valence-electron chi connectivity index (χ2n) is 1.17. The van der Waals surface area contributed by atoms with Crippen LogP contribution in [0.1, 0.15) is 0 Å². The maximum absolute atomic E-state index is 10.3. The summed E-state index contributed by atoms with van der Waals surface area (Å²) in [5, 5.41) is 0. The molecule has 1 fully saturated rings. The molecule has 0 amide bonds. The maximum atomic E-state index is 10.3. The summed E-state index contributed by atoms with van der Waals surface area (Å²) in [5.41, 5.74) is 0. The third kappa shape index (κ3) is 1.54. The lowest BCUT2D eigenvalue weighted by Gasteiger charge is -2.16. The highest BCUT2D eigenvalue weighted by atomic mass is 31.2. The molecule has 0 saturated carbocycles. The number of phosphoric ester groups is 1. The second-order valence-corrected chi connectivity index (χ2v) is 2.62. The zero-order chi connectivity index (χ0) is 6.04. The molecular weight excluding hydrogens is 135 g/mol. The third-order valence-electron chi connectivity index (χ3n) is 0.598. The average molecular weight is 140 g/mol. The molecule has 0 aromatic heterocycles. The molecule has 1 aliphatic rings. The predicted molar refractivity (Wildman–Crippen MR) is 22.8 cm³/mol. The van der Waals surface area contributed by atoms with Crippen LogP contribution in [0.3, 0.4) is 0 Å². The van der Waals surface area contributed by atoms with E-state index < -0.39 is 7.82 Å². The number of ether oxygens (including phenoxy) is 1. The molecule has 0 radical (unpaired) electrons. The number of hydrogen-bond donors (Lipinski definition) is 1. The van der Waals surface area contributed by atoms with Crippen LogP contribution < -0.4 is 0 Å². The van der Waals surface area contributed by atoms with E-state index in [2.05, 4.69) is 13.8 Å². The minimum absolute atomic E-state index is 0.173. The molecule has 1 heterocycles. The Labute approximate surface area is 45.8 Å². The Morgan fingerprint density at radius 1 is 1.38 bits per heavy atom. The van der Waals surface area contributed by atoms with E-state index in [-0.39, 0.29) is 13.6 Å². The van der Waals surface area contributed by atoms with Gasteiger partial charge in [0.25, 0.3) is 0 Å². The summed E-state index contributed by atoms with van der Waals surface area (Å²) in [6.45, 7) is -0.346. The summed E-state index contributed by atoms with van der Waals surface area (Å²) < 4.78 is 23.0. The zero-order valence-electron chi connectivity index (χ0n) is 3.94. The van der Waals surface area contributed by atoms with Crippen LogP contribution in [-0.4, -0.2) is 18.5 Å². The number of rotatable bonds is 0. The van der Waals surface area contributed by atoms with Gasteiger partial charge in [0, 0.05) is 0 Å². The molecular formula is C2H5O5P. The summed E-state index contributed by atoms with van der Waals surface area (Å²) in [5.74, 6) is 0. The van der Waals surface area contributed by atoms with E-state index in [1.54, 1.807) is 0 Å². The van der Waals surface area contributed by atoms with Crippen LogP contribution in [0.4, 0.5) is 0 Å². The van der Waals surface area contributed by atoms with Crippen molar-refractivity contribution in [2.75, 3.05) is 13.6 Å². The Morgan fingerprint density at radius 2 is 1.88 bits per heavy atom. The first kappa shape index (κ1) is 6.19. The van der Waals surface area contributed by atoms with Crippen LogP contribution in [0.15, 0.2) is 0 Å². The number of phosphoric acid groups is 1. The fourth-order valence-electron chi connectivity index (χ4n) is 0.279. The normalized spacial score (nSPS) is 27.6. The van der Waals surface area contributed by atoms with Gasteiger partial charge in [-0.3, -0.25) is 9.05 Å². The summed E-state index contributed by atoms with van der Waals surface area (Å²) in [6, 6.07) is 0. The Morgan fingerprint density at radius 3 is 2.12 bits per heavy atom. The average Bonchev–Trinajstić information content (AvgIpc) is 1.65. The van der Waals surface area contributed by atoms with Crippen LogP contribution in [0.5, 0.6) is 0 Å². The lowest BCUT2D eigenvalue weighted by molar-refractivity contribution is -0.116. The van der Waals surface area contributed by atoms with Crippen LogP contribution in [-0.2, 0) is 18.3 Å². The van der Waals surface area contributed by atoms with Crippen molar-refractivity contribution in [3.63, 3.8) is 0 Å². The number of hydrogen-bond acceptors (Lipinski definition) is 4. The van der Waals surface area contributed by atoms with Gasteiger partial charge in [-0.1, -0.05) is 0 Å². The van der Waals surface area contributed by atoms with Crippen molar-refractivity contribution in [3.05, 3.63) is 0 Å². The first-order valence-electron chi connectivity index (χ1n) is 1.90. The largest absolute Gasteiger partial charge is 0.476 e. The second kappa shape index (κ2) is 2.13. The van der Waals surface area contributed by atoms with Gasteiger partial charge < -0.3 is 9.63 Å². The quantitative estimate of drug-likeness (QED) is 0.482. The first-order valence-corrected chi connectivity index (χ1v) is 3.40. The van der Waals surface area contributed by atoms with Gasteiger partial charge in [0.15, 0.2) is 13.6 Å². The highest BCUT2D eigenvalue weighted by Crippen LogP contribution is 2.44. The summed E-state index contributed by atoms with van der Waals surface area (Å²) in [4.78, 5) is 8.41. The molecule has 1 N–H and O–H groups in total. The molecule has 8 heavy (non-hydrogen) atoms. The molecule has 1 aliphatic heterocycles. The van der Waals surface area contributed by atoms with E-state index in [0.29, 0.717) is 0 Å². The predicted octanol–water partition coefficient (Wildman–Crippen LogP) is 0.0652. The van der Waals surface area contributed by atoms with E-state index in [1.807, 2.05) is 0 Å². The van der Waals surface area contributed by atoms with Crippen molar-refractivity contribution in [1.29, 1.82) is 0 Å². The molecule has 5 nitrogen and oxygen atoms in total. The topological polar surface area (TPSA) is 65.0 Å². The third-order valence-corrected chi connectivity index (χ3v) is 1.46. The zero-order valence-corrected chi connectivity index (χ0v) is 4.84. The molecule has 1 saturated heterocycles. The van der Waals surface area contributed by atoms with E-state index in [0.717, 1.165) is 0 Å². The highest BCUT2D eigenvalue weighted by molar-refractivity contribution is 7.47. The molecule has 0 bridgehead atoms. The maximum Gasteiger partial charge on any atom is 0.476 e. The van der Waals surface area contributed by atoms with Crippen LogP contribution in [0.2, 0.25) is 0 Å². The van der Waals surface area contributed by atoms with E-state index in [9.17, 15) is 4.57 Å². The standard InChI is InChI=1S/C2H5O5P/c3-8(4)6-1-5-2-7-8/h1-2H2,(H,3,4). The van der Waals surface area contributed by atoms with Crippen molar-refractivity contribution >= 4 is 7.82 Å². The molecule has 0 atom stereocenters. The highest BCUT2D eigenvalue weighted by Gasteiger charge is 2.24. The fourth-order valence-corrected chi connectivity index (χ4v) is 0.769. The first-order chi connectivity index (χ1) is 3.71. The lowest BCUT2D eigenvalue weighted by Crippen LogP contribution is -2.10. The van der Waals surface area contributed by atoms with Gasteiger partial charge in [-0.2, -0.15) is 0 Å². The Bertz CT molecular complexity index is 112. The Balaban J connectivity index is 2.45. The van der Waals surface area contributed by atoms with Crippen molar-refractivity contribution in [1.82, 2.24) is 0 Å². The summed E-state index contributed by atoms with van der Waals surface area (Å²) >= 11 is 0. The lowest BCUT2D eigenvalue weighted by atomic mass is 11.4. The molecule has 0 aromatic rings. The van der Waals surface area contributed by atoms with Gasteiger partial charge in [-0.15, -0.1) is 0 Å². The van der Waals surface area contributed by atoms with Gasteiger partial charge in [-0.25, -0.2) is 4.57 Å². The van der Waals surface area contributed by atoms with E-state index in [1.165, 1.54) is 0 Å².